The second kappa shape index (κ2) is 7.27. The Balaban J connectivity index is 1.65. The predicted octanol–water partition coefficient (Wildman–Crippen LogP) is 5.39. The zero-order valence-corrected chi connectivity index (χ0v) is 16.6. The van der Waals surface area contributed by atoms with Crippen molar-refractivity contribution in [1.29, 1.82) is 0 Å². The van der Waals surface area contributed by atoms with Crippen molar-refractivity contribution in [3.63, 3.8) is 0 Å². The molecule has 5 rings (SSSR count). The number of allylic oxidation sites excluding steroid dienone is 2. The summed E-state index contributed by atoms with van der Waals surface area (Å²) in [4.78, 5) is 26.1. The van der Waals surface area contributed by atoms with E-state index in [1.807, 2.05) is 61.5 Å². The summed E-state index contributed by atoms with van der Waals surface area (Å²) in [7, 11) is 0. The Kier molecular flexibility index (Phi) is 4.44. The summed E-state index contributed by atoms with van der Waals surface area (Å²) in [5.74, 6) is -0.406. The molecule has 0 unspecified atom stereocenters. The molecule has 0 radical (unpaired) electrons. The van der Waals surface area contributed by atoms with Crippen LogP contribution in [-0.2, 0) is 22.4 Å². The van der Waals surface area contributed by atoms with Crippen molar-refractivity contribution < 1.29 is 14.3 Å². The van der Waals surface area contributed by atoms with Crippen LogP contribution in [0.5, 0.6) is 0 Å². The van der Waals surface area contributed by atoms with Crippen LogP contribution >= 0.6 is 0 Å². The molecular formula is C27H20O3. The molecule has 2 aliphatic rings. The van der Waals surface area contributed by atoms with Gasteiger partial charge < -0.3 is 4.74 Å². The second-order valence-corrected chi connectivity index (χ2v) is 7.78. The number of ketones is 2. The van der Waals surface area contributed by atoms with E-state index in [4.69, 9.17) is 4.74 Å². The first-order chi connectivity index (χ1) is 14.6. The van der Waals surface area contributed by atoms with Crippen LogP contribution in [0.15, 0.2) is 84.6 Å². The van der Waals surface area contributed by atoms with Crippen LogP contribution in [0.3, 0.4) is 0 Å². The maximum absolute atomic E-state index is 13.1. The predicted molar refractivity (Wildman–Crippen MR) is 117 cm³/mol. The second-order valence-electron chi connectivity index (χ2n) is 7.78. The Morgan fingerprint density at radius 3 is 1.97 bits per heavy atom. The van der Waals surface area contributed by atoms with Gasteiger partial charge in [0.1, 0.15) is 5.76 Å². The number of hydrogen-bond donors (Lipinski definition) is 0. The van der Waals surface area contributed by atoms with E-state index in [2.05, 4.69) is 18.2 Å². The van der Waals surface area contributed by atoms with Crippen LogP contribution in [0.2, 0.25) is 0 Å². The van der Waals surface area contributed by atoms with Gasteiger partial charge in [-0.3, -0.25) is 9.59 Å². The summed E-state index contributed by atoms with van der Waals surface area (Å²) in [5, 5.41) is 0. The molecule has 0 bridgehead atoms. The first kappa shape index (κ1) is 18.3. The van der Waals surface area contributed by atoms with E-state index in [0.29, 0.717) is 29.7 Å². The molecule has 0 spiro atoms. The number of hydrogen-bond acceptors (Lipinski definition) is 3. The van der Waals surface area contributed by atoms with E-state index in [9.17, 15) is 9.59 Å². The number of ether oxygens (including phenoxy) is 1. The van der Waals surface area contributed by atoms with Gasteiger partial charge in [-0.05, 0) is 47.2 Å². The lowest BCUT2D eigenvalue weighted by Gasteiger charge is -2.27. The average molecular weight is 392 g/mol. The SMILES string of the molecule is CC1=COC2=C(Cc3ccccc3)C(=O)C(=O)c3cc(Cc4ccccc4)cc1c32. The molecule has 1 aliphatic carbocycles. The van der Waals surface area contributed by atoms with Gasteiger partial charge in [-0.2, -0.15) is 0 Å². The van der Waals surface area contributed by atoms with Gasteiger partial charge in [0.05, 0.1) is 11.8 Å². The molecule has 1 aliphatic heterocycles. The lowest BCUT2D eigenvalue weighted by Crippen LogP contribution is -2.27. The van der Waals surface area contributed by atoms with Crippen molar-refractivity contribution in [1.82, 2.24) is 0 Å². The minimum absolute atomic E-state index is 0.373. The summed E-state index contributed by atoms with van der Waals surface area (Å²) >= 11 is 0. The van der Waals surface area contributed by atoms with Gasteiger partial charge >= 0.3 is 0 Å². The highest BCUT2D eigenvalue weighted by Crippen LogP contribution is 2.41. The zero-order chi connectivity index (χ0) is 20.7. The van der Waals surface area contributed by atoms with Crippen LogP contribution in [-0.4, -0.2) is 11.6 Å². The van der Waals surface area contributed by atoms with Gasteiger partial charge in [-0.25, -0.2) is 0 Å². The molecule has 0 saturated carbocycles. The van der Waals surface area contributed by atoms with Crippen molar-refractivity contribution >= 4 is 22.9 Å². The molecule has 3 heteroatoms. The highest BCUT2D eigenvalue weighted by Gasteiger charge is 2.37. The number of rotatable bonds is 4. The number of Topliss-reactive ketones (excluding diaryl/α,β-unsaturated/α-hetero) is 2. The molecule has 3 nitrogen and oxygen atoms in total. The van der Waals surface area contributed by atoms with Crippen molar-refractivity contribution in [2.75, 3.05) is 0 Å². The Labute approximate surface area is 175 Å². The third kappa shape index (κ3) is 3.09. The van der Waals surface area contributed by atoms with Crippen LogP contribution in [0.4, 0.5) is 0 Å². The maximum atomic E-state index is 13.1. The van der Waals surface area contributed by atoms with Gasteiger partial charge in [-0.15, -0.1) is 0 Å². The third-order valence-corrected chi connectivity index (χ3v) is 5.68. The largest absolute Gasteiger partial charge is 0.464 e. The van der Waals surface area contributed by atoms with Crippen molar-refractivity contribution in [2.45, 2.75) is 19.8 Å². The monoisotopic (exact) mass is 392 g/mol. The molecule has 3 aromatic rings. The van der Waals surface area contributed by atoms with E-state index in [0.717, 1.165) is 33.4 Å². The molecule has 0 atom stereocenters. The molecule has 1 heterocycles. The van der Waals surface area contributed by atoms with E-state index in [1.54, 1.807) is 6.26 Å². The highest BCUT2D eigenvalue weighted by molar-refractivity contribution is 6.52. The third-order valence-electron chi connectivity index (χ3n) is 5.68. The van der Waals surface area contributed by atoms with E-state index in [-0.39, 0.29) is 0 Å². The summed E-state index contributed by atoms with van der Waals surface area (Å²) in [6.45, 7) is 1.97. The Morgan fingerprint density at radius 1 is 0.700 bits per heavy atom. The lowest BCUT2D eigenvalue weighted by molar-refractivity contribution is -0.112. The fraction of sp³-hybridized carbons (Fsp3) is 0.111. The first-order valence-corrected chi connectivity index (χ1v) is 10.0. The quantitative estimate of drug-likeness (QED) is 0.559. The lowest BCUT2D eigenvalue weighted by atomic mass is 9.80. The molecule has 146 valence electrons. The maximum Gasteiger partial charge on any atom is 0.234 e. The molecule has 3 aromatic carbocycles. The van der Waals surface area contributed by atoms with E-state index >= 15 is 0 Å². The van der Waals surface area contributed by atoms with Gasteiger partial charge in [-0.1, -0.05) is 66.7 Å². The Hall–Kier alpha value is -3.72. The molecule has 0 saturated heterocycles. The van der Waals surface area contributed by atoms with E-state index < -0.39 is 11.6 Å². The van der Waals surface area contributed by atoms with Crippen LogP contribution < -0.4 is 0 Å². The minimum atomic E-state index is -0.475. The number of carbonyl (C=O) groups excluding carboxylic acids is 2. The van der Waals surface area contributed by atoms with Crippen LogP contribution in [0.25, 0.3) is 11.3 Å². The van der Waals surface area contributed by atoms with E-state index in [1.165, 1.54) is 0 Å². The molecule has 0 aromatic heterocycles. The molecule has 0 fully saturated rings. The smallest absolute Gasteiger partial charge is 0.234 e. The van der Waals surface area contributed by atoms with Crippen LogP contribution in [0, 0.1) is 0 Å². The summed E-state index contributed by atoms with van der Waals surface area (Å²) in [6.07, 6.45) is 2.76. The fourth-order valence-corrected chi connectivity index (χ4v) is 4.18. The Bertz CT molecular complexity index is 1230. The van der Waals surface area contributed by atoms with Crippen molar-refractivity contribution in [3.05, 3.63) is 118 Å². The molecule has 0 N–H and O–H groups in total. The van der Waals surface area contributed by atoms with Gasteiger partial charge in [0.15, 0.2) is 0 Å². The zero-order valence-electron chi connectivity index (χ0n) is 16.6. The van der Waals surface area contributed by atoms with Crippen LogP contribution in [0.1, 0.15) is 45.1 Å². The molecule has 30 heavy (non-hydrogen) atoms. The Morgan fingerprint density at radius 2 is 1.30 bits per heavy atom. The average Bonchev–Trinajstić information content (AvgIpc) is 2.78. The first-order valence-electron chi connectivity index (χ1n) is 10.0. The fourth-order valence-electron chi connectivity index (χ4n) is 4.18. The van der Waals surface area contributed by atoms with Gasteiger partial charge in [0, 0.05) is 17.5 Å². The number of carbonyl (C=O) groups is 2. The van der Waals surface area contributed by atoms with Gasteiger partial charge in [0.2, 0.25) is 11.6 Å². The normalized spacial score (nSPS) is 14.9. The van der Waals surface area contributed by atoms with Crippen molar-refractivity contribution in [3.8, 4) is 0 Å². The van der Waals surface area contributed by atoms with Crippen molar-refractivity contribution in [2.24, 2.45) is 0 Å². The van der Waals surface area contributed by atoms with Gasteiger partial charge in [0.25, 0.3) is 0 Å². The summed E-state index contributed by atoms with van der Waals surface area (Å²) in [6, 6.07) is 23.8. The number of benzene rings is 3. The molecular weight excluding hydrogens is 372 g/mol. The topological polar surface area (TPSA) is 43.4 Å². The standard InChI is InChI=1S/C27H20O3/c1-17-16-30-27-23(13-19-10-6-3-7-11-19)26(29)25(28)22-15-20(14-21(17)24(22)27)12-18-8-4-2-5-9-18/h2-11,14-16H,12-13H2,1H3. The summed E-state index contributed by atoms with van der Waals surface area (Å²) < 4.78 is 5.90. The highest BCUT2D eigenvalue weighted by atomic mass is 16.5. The summed E-state index contributed by atoms with van der Waals surface area (Å²) in [5.41, 5.74) is 6.69. The molecule has 0 amide bonds. The minimum Gasteiger partial charge on any atom is -0.464 e.